The van der Waals surface area contributed by atoms with Crippen molar-refractivity contribution < 1.29 is 23.9 Å². The fraction of sp³-hybridized carbons (Fsp3) is 0.429. The molecule has 1 aliphatic rings. The van der Waals surface area contributed by atoms with Gasteiger partial charge in [-0.15, -0.1) is 0 Å². The molecule has 2 aromatic carbocycles. The molecule has 0 radical (unpaired) electrons. The maximum Gasteiger partial charge on any atom is 0.261 e. The number of nitrogens with one attached hydrogen (secondary N) is 1. The van der Waals surface area contributed by atoms with Crippen molar-refractivity contribution in [2.75, 3.05) is 20.2 Å². The van der Waals surface area contributed by atoms with Gasteiger partial charge < -0.3 is 15.0 Å². The number of benzene rings is 2. The van der Waals surface area contributed by atoms with E-state index in [1.165, 1.54) is 4.90 Å². The molecule has 8 nitrogen and oxygen atoms in total. The highest BCUT2D eigenvalue weighted by molar-refractivity contribution is 6.21. The van der Waals surface area contributed by atoms with Gasteiger partial charge in [0.05, 0.1) is 18.2 Å². The van der Waals surface area contributed by atoms with Crippen molar-refractivity contribution in [3.05, 3.63) is 65.2 Å². The zero-order valence-corrected chi connectivity index (χ0v) is 21.3. The van der Waals surface area contributed by atoms with Crippen LogP contribution in [0.25, 0.3) is 0 Å². The Balaban J connectivity index is 1.71. The number of nitrogens with zero attached hydrogens (tertiary/aromatic N) is 2. The van der Waals surface area contributed by atoms with E-state index in [0.29, 0.717) is 36.3 Å². The van der Waals surface area contributed by atoms with Crippen LogP contribution in [0, 0.1) is 0 Å². The zero-order chi connectivity index (χ0) is 26.1. The van der Waals surface area contributed by atoms with Gasteiger partial charge in [-0.05, 0) is 49.1 Å². The van der Waals surface area contributed by atoms with Crippen LogP contribution in [-0.2, 0) is 16.1 Å². The number of hydrogen-bond donors (Lipinski definition) is 1. The molecule has 0 spiro atoms. The third-order valence-corrected chi connectivity index (χ3v) is 6.35. The van der Waals surface area contributed by atoms with Gasteiger partial charge >= 0.3 is 0 Å². The lowest BCUT2D eigenvalue weighted by Gasteiger charge is -2.31. The first-order valence-electron chi connectivity index (χ1n) is 12.6. The highest BCUT2D eigenvalue weighted by Gasteiger charge is 2.35. The molecular formula is C28H35N3O5. The summed E-state index contributed by atoms with van der Waals surface area (Å²) in [6, 6.07) is 13.5. The molecule has 0 aliphatic carbocycles. The first-order chi connectivity index (χ1) is 17.4. The number of imide groups is 1. The molecule has 0 aromatic heterocycles. The Morgan fingerprint density at radius 3 is 2.31 bits per heavy atom. The van der Waals surface area contributed by atoms with Gasteiger partial charge in [-0.25, -0.2) is 0 Å². The smallest absolute Gasteiger partial charge is 0.261 e. The fourth-order valence-corrected chi connectivity index (χ4v) is 4.37. The second kappa shape index (κ2) is 12.9. The molecule has 1 heterocycles. The molecule has 0 bridgehead atoms. The van der Waals surface area contributed by atoms with Crippen LogP contribution in [0.1, 0.15) is 72.2 Å². The summed E-state index contributed by atoms with van der Waals surface area (Å²) < 4.78 is 5.31. The second-order valence-electron chi connectivity index (χ2n) is 8.85. The normalized spacial score (nSPS) is 13.4. The average molecular weight is 494 g/mol. The van der Waals surface area contributed by atoms with Crippen LogP contribution in [0.15, 0.2) is 48.5 Å². The van der Waals surface area contributed by atoms with Gasteiger partial charge in [0, 0.05) is 26.1 Å². The molecule has 36 heavy (non-hydrogen) atoms. The monoisotopic (exact) mass is 493 g/mol. The van der Waals surface area contributed by atoms with Crippen molar-refractivity contribution in [2.45, 2.75) is 58.5 Å². The number of amides is 4. The standard InChI is InChI=1S/C28H35N3O5/c1-4-6-16-29-26(33)24(5-2)31(19-20-11-9-12-21(18-20)36-3)25(32)15-10-17-30-27(34)22-13-7-8-14-23(22)28(30)35/h7-9,11-14,18,24H,4-6,10,15-17,19H2,1-3H3,(H,29,33)/t24-/m1/s1. The van der Waals surface area contributed by atoms with Gasteiger partial charge in [0.25, 0.3) is 11.8 Å². The van der Waals surface area contributed by atoms with Crippen molar-refractivity contribution >= 4 is 23.6 Å². The number of methoxy groups -OCH3 is 1. The third kappa shape index (κ3) is 6.30. The Morgan fingerprint density at radius 1 is 1.00 bits per heavy atom. The van der Waals surface area contributed by atoms with E-state index >= 15 is 0 Å². The van der Waals surface area contributed by atoms with E-state index in [-0.39, 0.29) is 43.1 Å². The summed E-state index contributed by atoms with van der Waals surface area (Å²) in [5, 5.41) is 2.95. The number of unbranched alkanes of at least 4 members (excludes halogenated alkanes) is 1. The summed E-state index contributed by atoms with van der Waals surface area (Å²) >= 11 is 0. The van der Waals surface area contributed by atoms with Gasteiger partial charge in [0.15, 0.2) is 0 Å². The van der Waals surface area contributed by atoms with Gasteiger partial charge in [-0.1, -0.05) is 44.5 Å². The highest BCUT2D eigenvalue weighted by atomic mass is 16.5. The Labute approximate surface area is 212 Å². The van der Waals surface area contributed by atoms with Gasteiger partial charge in [-0.2, -0.15) is 0 Å². The quantitative estimate of drug-likeness (QED) is 0.338. The Hall–Kier alpha value is -3.68. The minimum absolute atomic E-state index is 0.107. The fourth-order valence-electron chi connectivity index (χ4n) is 4.37. The molecule has 4 amide bonds. The molecule has 2 aromatic rings. The molecule has 8 heteroatoms. The summed E-state index contributed by atoms with van der Waals surface area (Å²) in [4.78, 5) is 54.4. The lowest BCUT2D eigenvalue weighted by atomic mass is 10.1. The molecule has 1 N–H and O–H groups in total. The number of rotatable bonds is 13. The van der Waals surface area contributed by atoms with Gasteiger partial charge in [0.2, 0.25) is 11.8 Å². The largest absolute Gasteiger partial charge is 0.497 e. The van der Waals surface area contributed by atoms with Crippen molar-refractivity contribution in [2.24, 2.45) is 0 Å². The van der Waals surface area contributed by atoms with E-state index in [0.717, 1.165) is 18.4 Å². The average Bonchev–Trinajstić information content (AvgIpc) is 3.13. The molecule has 0 fully saturated rings. The van der Waals surface area contributed by atoms with E-state index in [2.05, 4.69) is 12.2 Å². The van der Waals surface area contributed by atoms with Crippen molar-refractivity contribution in [1.82, 2.24) is 15.1 Å². The van der Waals surface area contributed by atoms with E-state index in [9.17, 15) is 19.2 Å². The molecule has 1 aliphatic heterocycles. The molecule has 192 valence electrons. The van der Waals surface area contributed by atoms with Crippen LogP contribution in [0.4, 0.5) is 0 Å². The van der Waals surface area contributed by atoms with Crippen LogP contribution in [0.5, 0.6) is 5.75 Å². The van der Waals surface area contributed by atoms with Crippen LogP contribution in [0.2, 0.25) is 0 Å². The van der Waals surface area contributed by atoms with Crippen LogP contribution in [0.3, 0.4) is 0 Å². The maximum atomic E-state index is 13.4. The summed E-state index contributed by atoms with van der Waals surface area (Å²) in [6.07, 6.45) is 2.71. The Morgan fingerprint density at radius 2 is 1.69 bits per heavy atom. The molecular weight excluding hydrogens is 458 g/mol. The van der Waals surface area contributed by atoms with E-state index in [1.54, 1.807) is 36.3 Å². The second-order valence-corrected chi connectivity index (χ2v) is 8.85. The molecule has 0 saturated heterocycles. The predicted molar refractivity (Wildman–Crippen MR) is 137 cm³/mol. The minimum Gasteiger partial charge on any atom is -0.497 e. The highest BCUT2D eigenvalue weighted by Crippen LogP contribution is 2.23. The zero-order valence-electron chi connectivity index (χ0n) is 21.3. The van der Waals surface area contributed by atoms with E-state index < -0.39 is 6.04 Å². The minimum atomic E-state index is -0.625. The van der Waals surface area contributed by atoms with Crippen LogP contribution >= 0.6 is 0 Å². The molecule has 1 atom stereocenters. The lowest BCUT2D eigenvalue weighted by molar-refractivity contribution is -0.141. The van der Waals surface area contributed by atoms with Crippen molar-refractivity contribution in [1.29, 1.82) is 0 Å². The summed E-state index contributed by atoms with van der Waals surface area (Å²) in [5.74, 6) is -0.378. The first-order valence-corrected chi connectivity index (χ1v) is 12.6. The van der Waals surface area contributed by atoms with Gasteiger partial charge in [0.1, 0.15) is 11.8 Å². The van der Waals surface area contributed by atoms with Crippen molar-refractivity contribution in [3.8, 4) is 5.75 Å². The summed E-state index contributed by atoms with van der Waals surface area (Å²) in [5.41, 5.74) is 1.63. The SMILES string of the molecule is CCCCNC(=O)[C@@H](CC)N(Cc1cccc(OC)c1)C(=O)CCCN1C(=O)c2ccccc2C1=O. The third-order valence-electron chi connectivity index (χ3n) is 6.35. The maximum absolute atomic E-state index is 13.4. The number of fused-ring (bicyclic) bond motifs is 1. The number of ether oxygens (including phenoxy) is 1. The first kappa shape index (κ1) is 26.9. The van der Waals surface area contributed by atoms with Crippen LogP contribution < -0.4 is 10.1 Å². The number of hydrogen-bond acceptors (Lipinski definition) is 5. The van der Waals surface area contributed by atoms with E-state index in [1.807, 2.05) is 31.2 Å². The molecule has 3 rings (SSSR count). The Kier molecular flexibility index (Phi) is 9.61. The van der Waals surface area contributed by atoms with Crippen molar-refractivity contribution in [3.63, 3.8) is 0 Å². The van der Waals surface area contributed by atoms with Gasteiger partial charge in [-0.3, -0.25) is 24.1 Å². The summed E-state index contributed by atoms with van der Waals surface area (Å²) in [7, 11) is 1.58. The molecule has 0 saturated carbocycles. The number of carbonyl (C=O) groups excluding carboxylic acids is 4. The van der Waals surface area contributed by atoms with Crippen LogP contribution in [-0.4, -0.2) is 59.7 Å². The number of carbonyl (C=O) groups is 4. The topological polar surface area (TPSA) is 96.0 Å². The predicted octanol–water partition coefficient (Wildman–Crippen LogP) is 3.80. The van der Waals surface area contributed by atoms with E-state index in [4.69, 9.17) is 4.74 Å². The summed E-state index contributed by atoms with van der Waals surface area (Å²) in [6.45, 7) is 4.89. The Bertz CT molecular complexity index is 1070. The molecule has 0 unspecified atom stereocenters. The lowest BCUT2D eigenvalue weighted by Crippen LogP contribution is -2.49.